The number of aliphatic hydroxyl groups is 3. The summed E-state index contributed by atoms with van der Waals surface area (Å²) in [4.78, 5) is 0. The van der Waals surface area contributed by atoms with Crippen molar-refractivity contribution in [3.63, 3.8) is 0 Å². The van der Waals surface area contributed by atoms with Gasteiger partial charge in [-0.1, -0.05) is 26.2 Å². The molecule has 0 fully saturated rings. The van der Waals surface area contributed by atoms with Crippen molar-refractivity contribution in [3.05, 3.63) is 0 Å². The number of unbranched alkanes of at least 4 members (excludes halogenated alkanes) is 3. The van der Waals surface area contributed by atoms with Gasteiger partial charge in [-0.3, -0.25) is 0 Å². The van der Waals surface area contributed by atoms with Crippen molar-refractivity contribution in [2.45, 2.75) is 45.0 Å². The van der Waals surface area contributed by atoms with Crippen molar-refractivity contribution in [2.75, 3.05) is 0 Å². The molecule has 0 aliphatic rings. The summed E-state index contributed by atoms with van der Waals surface area (Å²) in [6.07, 6.45) is 3.84. The Morgan fingerprint density at radius 1 is 1.00 bits per heavy atom. The Labute approximate surface area is 61.3 Å². The van der Waals surface area contributed by atoms with Gasteiger partial charge in [-0.15, -0.1) is 0 Å². The van der Waals surface area contributed by atoms with Gasteiger partial charge in [-0.05, 0) is 6.42 Å². The predicted octanol–water partition coefficient (Wildman–Crippen LogP) is 0.587. The normalized spacial score (nSPS) is 12.0. The topological polar surface area (TPSA) is 60.7 Å². The minimum Gasteiger partial charge on any atom is -0.344 e. The molecule has 0 saturated heterocycles. The molecule has 0 saturated carbocycles. The van der Waals surface area contributed by atoms with E-state index in [0.29, 0.717) is 6.42 Å². The zero-order valence-electron chi connectivity index (χ0n) is 6.38. The third kappa shape index (κ3) is 7.88. The van der Waals surface area contributed by atoms with Crippen LogP contribution in [0.2, 0.25) is 0 Å². The molecule has 0 aromatic carbocycles. The van der Waals surface area contributed by atoms with Crippen LogP contribution < -0.4 is 0 Å². The van der Waals surface area contributed by atoms with Gasteiger partial charge in [0.2, 0.25) is 0 Å². The van der Waals surface area contributed by atoms with Gasteiger partial charge in [0.1, 0.15) is 0 Å². The van der Waals surface area contributed by atoms with E-state index in [2.05, 4.69) is 6.92 Å². The van der Waals surface area contributed by atoms with E-state index >= 15 is 0 Å². The van der Waals surface area contributed by atoms with Crippen molar-refractivity contribution in [3.8, 4) is 0 Å². The number of rotatable bonds is 5. The summed E-state index contributed by atoms with van der Waals surface area (Å²) in [7, 11) is 0. The average Bonchev–Trinajstić information content (AvgIpc) is 1.78. The molecule has 10 heavy (non-hydrogen) atoms. The Hall–Kier alpha value is -0.120. The van der Waals surface area contributed by atoms with E-state index in [1.807, 2.05) is 0 Å². The Kier molecular flexibility index (Phi) is 4.60. The molecular weight excluding hydrogens is 132 g/mol. The molecule has 0 rings (SSSR count). The van der Waals surface area contributed by atoms with Crippen LogP contribution in [0.3, 0.4) is 0 Å². The predicted molar refractivity (Wildman–Crippen MR) is 38.1 cm³/mol. The summed E-state index contributed by atoms with van der Waals surface area (Å²) in [6, 6.07) is 0. The molecule has 0 aromatic rings. The largest absolute Gasteiger partial charge is 0.344 e. The molecule has 0 unspecified atom stereocenters. The first-order chi connectivity index (χ1) is 4.56. The highest BCUT2D eigenvalue weighted by Gasteiger charge is 2.15. The van der Waals surface area contributed by atoms with E-state index in [1.54, 1.807) is 0 Å². The van der Waals surface area contributed by atoms with Crippen LogP contribution in [0.4, 0.5) is 0 Å². The molecule has 0 atom stereocenters. The van der Waals surface area contributed by atoms with Gasteiger partial charge in [0.25, 0.3) is 5.97 Å². The lowest BCUT2D eigenvalue weighted by Crippen LogP contribution is -2.26. The lowest BCUT2D eigenvalue weighted by Gasteiger charge is -2.12. The maximum absolute atomic E-state index is 8.43. The second-order valence-corrected chi connectivity index (χ2v) is 2.59. The van der Waals surface area contributed by atoms with Crippen LogP contribution in [-0.2, 0) is 0 Å². The lowest BCUT2D eigenvalue weighted by atomic mass is 10.1. The minimum absolute atomic E-state index is 0.0486. The highest BCUT2D eigenvalue weighted by molar-refractivity contribution is 4.48. The minimum atomic E-state index is -2.45. The zero-order chi connectivity index (χ0) is 8.04. The molecule has 0 bridgehead atoms. The second-order valence-electron chi connectivity index (χ2n) is 2.59. The standard InChI is InChI=1S/C7H16O3/c1-2-3-4-5-6-7(8,9)10/h8-10H,2-6H2,1H3. The van der Waals surface area contributed by atoms with E-state index < -0.39 is 5.97 Å². The van der Waals surface area contributed by atoms with E-state index in [1.165, 1.54) is 0 Å². The Morgan fingerprint density at radius 2 is 1.60 bits per heavy atom. The van der Waals surface area contributed by atoms with E-state index in [4.69, 9.17) is 15.3 Å². The van der Waals surface area contributed by atoms with Crippen molar-refractivity contribution in [2.24, 2.45) is 0 Å². The summed E-state index contributed by atoms with van der Waals surface area (Å²) < 4.78 is 0. The van der Waals surface area contributed by atoms with Crippen molar-refractivity contribution < 1.29 is 15.3 Å². The summed E-state index contributed by atoms with van der Waals surface area (Å²) in [6.45, 7) is 2.07. The van der Waals surface area contributed by atoms with Gasteiger partial charge in [0.15, 0.2) is 0 Å². The van der Waals surface area contributed by atoms with Crippen LogP contribution in [0.5, 0.6) is 0 Å². The molecule has 0 heterocycles. The Bertz CT molecular complexity index is 75.4. The molecule has 0 aromatic heterocycles. The van der Waals surface area contributed by atoms with Gasteiger partial charge in [-0.2, -0.15) is 0 Å². The zero-order valence-corrected chi connectivity index (χ0v) is 6.38. The van der Waals surface area contributed by atoms with Crippen molar-refractivity contribution in [1.29, 1.82) is 0 Å². The fourth-order valence-corrected chi connectivity index (χ4v) is 0.789. The smallest absolute Gasteiger partial charge is 0.275 e. The summed E-state index contributed by atoms with van der Waals surface area (Å²) in [5.41, 5.74) is 0. The monoisotopic (exact) mass is 148 g/mol. The van der Waals surface area contributed by atoms with Crippen LogP contribution in [0.15, 0.2) is 0 Å². The van der Waals surface area contributed by atoms with E-state index in [9.17, 15) is 0 Å². The summed E-state index contributed by atoms with van der Waals surface area (Å²) >= 11 is 0. The summed E-state index contributed by atoms with van der Waals surface area (Å²) in [5, 5.41) is 25.3. The second kappa shape index (κ2) is 4.66. The van der Waals surface area contributed by atoms with Crippen LogP contribution in [0.1, 0.15) is 39.0 Å². The fraction of sp³-hybridized carbons (Fsp3) is 1.00. The quantitative estimate of drug-likeness (QED) is 0.395. The van der Waals surface area contributed by atoms with Crippen molar-refractivity contribution >= 4 is 0 Å². The molecular formula is C7H16O3. The molecule has 0 aliphatic heterocycles. The van der Waals surface area contributed by atoms with Gasteiger partial charge >= 0.3 is 0 Å². The molecule has 3 heteroatoms. The van der Waals surface area contributed by atoms with Crippen LogP contribution in [-0.4, -0.2) is 21.3 Å². The fourth-order valence-electron chi connectivity index (χ4n) is 0.789. The molecule has 3 nitrogen and oxygen atoms in total. The first-order valence-electron chi connectivity index (χ1n) is 3.73. The molecule has 0 amide bonds. The first-order valence-corrected chi connectivity index (χ1v) is 3.73. The number of hydrogen-bond donors (Lipinski definition) is 3. The van der Waals surface area contributed by atoms with Gasteiger partial charge in [-0.25, -0.2) is 0 Å². The van der Waals surface area contributed by atoms with Gasteiger partial charge < -0.3 is 15.3 Å². The van der Waals surface area contributed by atoms with Gasteiger partial charge in [0.05, 0.1) is 0 Å². The van der Waals surface area contributed by atoms with Crippen molar-refractivity contribution in [1.82, 2.24) is 0 Å². The van der Waals surface area contributed by atoms with E-state index in [-0.39, 0.29) is 6.42 Å². The van der Waals surface area contributed by atoms with Gasteiger partial charge in [0, 0.05) is 6.42 Å². The third-order valence-electron chi connectivity index (χ3n) is 1.37. The molecule has 0 spiro atoms. The maximum Gasteiger partial charge on any atom is 0.275 e. The maximum atomic E-state index is 8.43. The Morgan fingerprint density at radius 3 is 2.00 bits per heavy atom. The Balaban J connectivity index is 3.04. The number of hydrogen-bond acceptors (Lipinski definition) is 3. The van der Waals surface area contributed by atoms with Crippen LogP contribution >= 0.6 is 0 Å². The molecule has 0 radical (unpaired) electrons. The molecule has 62 valence electrons. The van der Waals surface area contributed by atoms with Crippen LogP contribution in [0, 0.1) is 0 Å². The molecule has 0 aliphatic carbocycles. The first kappa shape index (κ1) is 9.88. The SMILES string of the molecule is CCCCCCC(O)(O)O. The van der Waals surface area contributed by atoms with Crippen LogP contribution in [0.25, 0.3) is 0 Å². The molecule has 3 N–H and O–H groups in total. The highest BCUT2D eigenvalue weighted by Crippen LogP contribution is 2.09. The summed E-state index contributed by atoms with van der Waals surface area (Å²) in [5.74, 6) is -2.45. The lowest BCUT2D eigenvalue weighted by molar-refractivity contribution is -0.315. The average molecular weight is 148 g/mol. The highest BCUT2D eigenvalue weighted by atomic mass is 16.7. The third-order valence-corrected chi connectivity index (χ3v) is 1.37. The van der Waals surface area contributed by atoms with E-state index in [0.717, 1.165) is 19.3 Å².